The Balaban J connectivity index is 2.40. The van der Waals surface area contributed by atoms with Crippen LogP contribution in [-0.4, -0.2) is 16.5 Å². The van der Waals surface area contributed by atoms with Crippen LogP contribution in [0.25, 0.3) is 11.1 Å². The van der Waals surface area contributed by atoms with Gasteiger partial charge in [0.2, 0.25) is 0 Å². The molecule has 0 spiro atoms. The molecule has 17 heavy (non-hydrogen) atoms. The van der Waals surface area contributed by atoms with Crippen molar-refractivity contribution in [2.45, 2.75) is 0 Å². The lowest BCUT2D eigenvalue weighted by molar-refractivity contribution is 0.321. The van der Waals surface area contributed by atoms with E-state index in [1.165, 1.54) is 24.3 Å². The Morgan fingerprint density at radius 2 is 1.65 bits per heavy atom. The van der Waals surface area contributed by atoms with E-state index in [0.717, 1.165) is 11.8 Å². The third-order valence-electron chi connectivity index (χ3n) is 2.40. The molecule has 0 saturated heterocycles. The quantitative estimate of drug-likeness (QED) is 0.474. The average Bonchev–Trinajstić information content (AvgIpc) is 2.33. The molecule has 2 rings (SSSR count). The van der Waals surface area contributed by atoms with Crippen molar-refractivity contribution >= 4 is 6.21 Å². The molecule has 2 aromatic carbocycles. The Labute approximate surface area is 97.5 Å². The van der Waals surface area contributed by atoms with Crippen molar-refractivity contribution < 1.29 is 14.7 Å². The number of aromatic hydroxyl groups is 1. The lowest BCUT2D eigenvalue weighted by atomic mass is 10.0. The maximum atomic E-state index is 13.6. The maximum absolute atomic E-state index is 13.6. The van der Waals surface area contributed by atoms with E-state index in [1.807, 2.05) is 0 Å². The van der Waals surface area contributed by atoms with E-state index in [1.54, 1.807) is 18.2 Å². The highest BCUT2D eigenvalue weighted by atomic mass is 19.1. The molecule has 0 heterocycles. The number of hydrogen-bond donors (Lipinski definition) is 2. The van der Waals surface area contributed by atoms with E-state index in [0.29, 0.717) is 5.56 Å². The second-order valence-electron chi connectivity index (χ2n) is 3.53. The summed E-state index contributed by atoms with van der Waals surface area (Å²) in [6, 6.07) is 11.1. The number of halogens is 1. The van der Waals surface area contributed by atoms with Gasteiger partial charge in [0.1, 0.15) is 11.6 Å². The molecule has 0 aliphatic rings. The van der Waals surface area contributed by atoms with Gasteiger partial charge in [0.05, 0.1) is 6.21 Å². The second kappa shape index (κ2) is 4.65. The van der Waals surface area contributed by atoms with Crippen molar-refractivity contribution in [1.29, 1.82) is 0 Å². The summed E-state index contributed by atoms with van der Waals surface area (Å²) in [7, 11) is 0. The van der Waals surface area contributed by atoms with Crippen LogP contribution in [0.1, 0.15) is 5.56 Å². The largest absolute Gasteiger partial charge is 0.508 e. The number of benzene rings is 2. The first kappa shape index (κ1) is 11.1. The topological polar surface area (TPSA) is 52.8 Å². The van der Waals surface area contributed by atoms with Gasteiger partial charge in [-0.25, -0.2) is 4.39 Å². The van der Waals surface area contributed by atoms with Crippen LogP contribution in [0.15, 0.2) is 47.6 Å². The fraction of sp³-hybridized carbons (Fsp3) is 0. The highest BCUT2D eigenvalue weighted by Crippen LogP contribution is 2.23. The SMILES string of the molecule is O/N=C/c1ccc(-c2ccc(O)cc2)cc1F. The van der Waals surface area contributed by atoms with Gasteiger partial charge in [-0.3, -0.25) is 0 Å². The minimum absolute atomic E-state index is 0.165. The minimum atomic E-state index is -0.464. The Hall–Kier alpha value is -2.36. The summed E-state index contributed by atoms with van der Waals surface area (Å²) in [6.45, 7) is 0. The van der Waals surface area contributed by atoms with Gasteiger partial charge in [-0.05, 0) is 35.4 Å². The van der Waals surface area contributed by atoms with E-state index in [-0.39, 0.29) is 11.3 Å². The monoisotopic (exact) mass is 231 g/mol. The zero-order valence-corrected chi connectivity index (χ0v) is 8.84. The molecule has 4 heteroatoms. The molecule has 0 aliphatic carbocycles. The molecule has 0 amide bonds. The summed E-state index contributed by atoms with van der Waals surface area (Å²) in [6.07, 6.45) is 1.04. The normalized spacial score (nSPS) is 10.9. The number of oxime groups is 1. The van der Waals surface area contributed by atoms with E-state index in [2.05, 4.69) is 5.16 Å². The van der Waals surface area contributed by atoms with Crippen LogP contribution in [0.4, 0.5) is 4.39 Å². The van der Waals surface area contributed by atoms with Crippen molar-refractivity contribution in [3.05, 3.63) is 53.8 Å². The standard InChI is InChI=1S/C13H10FNO2/c14-13-7-10(1-2-11(13)8-15-17)9-3-5-12(16)6-4-9/h1-8,16-17H/b15-8+. The highest BCUT2D eigenvalue weighted by Gasteiger charge is 2.03. The molecule has 0 unspecified atom stereocenters. The lowest BCUT2D eigenvalue weighted by Gasteiger charge is -2.03. The van der Waals surface area contributed by atoms with Crippen LogP contribution in [0.3, 0.4) is 0 Å². The first-order valence-corrected chi connectivity index (χ1v) is 4.97. The lowest BCUT2D eigenvalue weighted by Crippen LogP contribution is -1.89. The molecule has 2 aromatic rings. The summed E-state index contributed by atoms with van der Waals surface area (Å²) in [4.78, 5) is 0. The molecule has 0 bridgehead atoms. The number of rotatable bonds is 2. The number of phenols is 1. The summed E-state index contributed by atoms with van der Waals surface area (Å²) < 4.78 is 13.6. The third-order valence-corrected chi connectivity index (χ3v) is 2.40. The molecular formula is C13H10FNO2. The van der Waals surface area contributed by atoms with Gasteiger partial charge in [-0.2, -0.15) is 0 Å². The summed E-state index contributed by atoms with van der Waals surface area (Å²) in [5.74, 6) is -0.299. The Morgan fingerprint density at radius 1 is 1.00 bits per heavy atom. The molecule has 0 radical (unpaired) electrons. The second-order valence-corrected chi connectivity index (χ2v) is 3.53. The van der Waals surface area contributed by atoms with Gasteiger partial charge < -0.3 is 10.3 Å². The van der Waals surface area contributed by atoms with Crippen LogP contribution in [-0.2, 0) is 0 Å². The van der Waals surface area contributed by atoms with Crippen LogP contribution >= 0.6 is 0 Å². The highest BCUT2D eigenvalue weighted by molar-refractivity contribution is 5.81. The molecular weight excluding hydrogens is 221 g/mol. The first-order chi connectivity index (χ1) is 8.20. The van der Waals surface area contributed by atoms with Crippen molar-refractivity contribution in [2.24, 2.45) is 5.16 Å². The Morgan fingerprint density at radius 3 is 2.24 bits per heavy atom. The van der Waals surface area contributed by atoms with Gasteiger partial charge in [0.15, 0.2) is 0 Å². The minimum Gasteiger partial charge on any atom is -0.508 e. The molecule has 86 valence electrons. The first-order valence-electron chi connectivity index (χ1n) is 4.97. The average molecular weight is 231 g/mol. The van der Waals surface area contributed by atoms with Crippen molar-refractivity contribution in [3.63, 3.8) is 0 Å². The van der Waals surface area contributed by atoms with Gasteiger partial charge in [0.25, 0.3) is 0 Å². The molecule has 0 aliphatic heterocycles. The zero-order valence-electron chi connectivity index (χ0n) is 8.84. The van der Waals surface area contributed by atoms with Crippen molar-refractivity contribution in [3.8, 4) is 16.9 Å². The zero-order chi connectivity index (χ0) is 12.3. The smallest absolute Gasteiger partial charge is 0.132 e. The van der Waals surface area contributed by atoms with Crippen LogP contribution in [0.2, 0.25) is 0 Å². The molecule has 0 aromatic heterocycles. The fourth-order valence-corrected chi connectivity index (χ4v) is 1.53. The molecule has 0 fully saturated rings. The van der Waals surface area contributed by atoms with Gasteiger partial charge in [-0.15, -0.1) is 0 Å². The fourth-order valence-electron chi connectivity index (χ4n) is 1.53. The predicted octanol–water partition coefficient (Wildman–Crippen LogP) is 3.01. The van der Waals surface area contributed by atoms with Gasteiger partial charge in [-0.1, -0.05) is 23.4 Å². The van der Waals surface area contributed by atoms with E-state index >= 15 is 0 Å². The van der Waals surface area contributed by atoms with Crippen LogP contribution in [0.5, 0.6) is 5.75 Å². The molecule has 2 N–H and O–H groups in total. The van der Waals surface area contributed by atoms with Crippen molar-refractivity contribution in [1.82, 2.24) is 0 Å². The summed E-state index contributed by atoms with van der Waals surface area (Å²) >= 11 is 0. The molecule has 0 atom stereocenters. The number of phenolic OH excluding ortho intramolecular Hbond substituents is 1. The van der Waals surface area contributed by atoms with E-state index < -0.39 is 5.82 Å². The van der Waals surface area contributed by atoms with Gasteiger partial charge >= 0.3 is 0 Å². The van der Waals surface area contributed by atoms with Gasteiger partial charge in [0, 0.05) is 5.56 Å². The van der Waals surface area contributed by atoms with Crippen LogP contribution < -0.4 is 0 Å². The summed E-state index contributed by atoms with van der Waals surface area (Å²) in [5.41, 5.74) is 1.71. The number of nitrogens with zero attached hydrogens (tertiary/aromatic N) is 1. The Bertz CT molecular complexity index is 550. The maximum Gasteiger partial charge on any atom is 0.132 e. The Kier molecular flexibility index (Phi) is 3.05. The molecule has 0 saturated carbocycles. The van der Waals surface area contributed by atoms with E-state index in [4.69, 9.17) is 10.3 Å². The van der Waals surface area contributed by atoms with Crippen LogP contribution in [0, 0.1) is 5.82 Å². The van der Waals surface area contributed by atoms with E-state index in [9.17, 15) is 4.39 Å². The number of hydrogen-bond acceptors (Lipinski definition) is 3. The van der Waals surface area contributed by atoms with Crippen molar-refractivity contribution in [2.75, 3.05) is 0 Å². The molecule has 3 nitrogen and oxygen atoms in total. The predicted molar refractivity (Wildman–Crippen MR) is 62.9 cm³/mol. The third kappa shape index (κ3) is 2.42. The summed E-state index contributed by atoms with van der Waals surface area (Å²) in [5, 5.41) is 20.3.